The Hall–Kier alpha value is -0.660. The largest absolute Gasteiger partial charge is 0.481 e. The molecule has 0 saturated heterocycles. The Morgan fingerprint density at radius 1 is 1.50 bits per heavy atom. The van der Waals surface area contributed by atoms with Crippen LogP contribution in [0.15, 0.2) is 0 Å². The van der Waals surface area contributed by atoms with Gasteiger partial charge in [-0.15, -0.1) is 0 Å². The highest BCUT2D eigenvalue weighted by Gasteiger charge is 2.22. The highest BCUT2D eigenvalue weighted by atomic mass is 32.2. The number of hydrogen-bond acceptors (Lipinski definition) is 3. The van der Waals surface area contributed by atoms with Crippen molar-refractivity contribution in [3.63, 3.8) is 0 Å². The van der Waals surface area contributed by atoms with Crippen LogP contribution in [0.3, 0.4) is 0 Å². The molecule has 1 aliphatic rings. The van der Waals surface area contributed by atoms with Crippen molar-refractivity contribution in [3.8, 4) is 0 Å². The fourth-order valence-electron chi connectivity index (χ4n) is 1.40. The van der Waals surface area contributed by atoms with Crippen molar-refractivity contribution in [2.24, 2.45) is 5.92 Å². The molecule has 16 heavy (non-hydrogen) atoms. The summed E-state index contributed by atoms with van der Waals surface area (Å²) >= 11 is 0. The molecule has 0 aromatic heterocycles. The fourth-order valence-corrected chi connectivity index (χ4v) is 2.40. The Kier molecular flexibility index (Phi) is 4.69. The summed E-state index contributed by atoms with van der Waals surface area (Å²) in [6, 6.07) is 0. The van der Waals surface area contributed by atoms with Crippen molar-refractivity contribution in [2.45, 2.75) is 25.7 Å². The molecule has 1 aliphatic carbocycles. The number of rotatable bonds is 7. The summed E-state index contributed by atoms with van der Waals surface area (Å²) in [5.74, 6) is -0.552. The number of nitrogens with one attached hydrogen (secondary N) is 1. The number of carbonyl (C=O) groups is 1. The molecule has 0 radical (unpaired) electrons. The first-order valence-corrected chi connectivity index (χ1v) is 6.78. The second-order valence-corrected chi connectivity index (χ2v) is 5.98. The predicted molar refractivity (Wildman–Crippen MR) is 59.1 cm³/mol. The highest BCUT2D eigenvalue weighted by Crippen LogP contribution is 2.25. The molecule has 2 N–H and O–H groups in total. The van der Waals surface area contributed by atoms with E-state index in [1.54, 1.807) is 0 Å². The van der Waals surface area contributed by atoms with Gasteiger partial charge in [0.15, 0.2) is 0 Å². The first-order valence-electron chi connectivity index (χ1n) is 5.34. The van der Waals surface area contributed by atoms with Crippen molar-refractivity contribution in [1.29, 1.82) is 0 Å². The molecule has 0 aromatic rings. The molecule has 1 fully saturated rings. The second kappa shape index (κ2) is 5.60. The zero-order valence-corrected chi connectivity index (χ0v) is 10.2. The van der Waals surface area contributed by atoms with E-state index in [0.717, 1.165) is 17.1 Å². The third kappa shape index (κ3) is 4.07. The molecule has 6 nitrogen and oxygen atoms in total. The Bertz CT molecular complexity index is 337. The lowest BCUT2D eigenvalue weighted by atomic mass is 9.86. The summed E-state index contributed by atoms with van der Waals surface area (Å²) < 4.78 is 26.7. The van der Waals surface area contributed by atoms with Crippen LogP contribution in [-0.2, 0) is 15.0 Å². The number of aliphatic carboxylic acids is 1. The van der Waals surface area contributed by atoms with Crippen molar-refractivity contribution >= 4 is 16.2 Å². The van der Waals surface area contributed by atoms with Crippen LogP contribution in [0.4, 0.5) is 0 Å². The van der Waals surface area contributed by atoms with Crippen LogP contribution in [0, 0.1) is 5.92 Å². The van der Waals surface area contributed by atoms with E-state index in [2.05, 4.69) is 4.72 Å². The van der Waals surface area contributed by atoms with Gasteiger partial charge in [-0.25, -0.2) is 4.72 Å². The van der Waals surface area contributed by atoms with Gasteiger partial charge in [0.25, 0.3) is 10.2 Å². The molecule has 0 aliphatic heterocycles. The minimum atomic E-state index is -3.51. The van der Waals surface area contributed by atoms with Crippen LogP contribution in [-0.4, -0.2) is 43.9 Å². The lowest BCUT2D eigenvalue weighted by Crippen LogP contribution is -2.42. The summed E-state index contributed by atoms with van der Waals surface area (Å²) in [5, 5.41) is 8.45. The lowest BCUT2D eigenvalue weighted by molar-refractivity contribution is -0.137. The topological polar surface area (TPSA) is 86.7 Å². The quantitative estimate of drug-likeness (QED) is 0.667. The van der Waals surface area contributed by atoms with Crippen molar-refractivity contribution in [2.75, 3.05) is 20.1 Å². The van der Waals surface area contributed by atoms with Crippen LogP contribution in [0.2, 0.25) is 0 Å². The van der Waals surface area contributed by atoms with E-state index in [0.29, 0.717) is 12.5 Å². The maximum atomic E-state index is 11.6. The molecule has 0 spiro atoms. The Morgan fingerprint density at radius 2 is 2.12 bits per heavy atom. The molecule has 0 aromatic carbocycles. The van der Waals surface area contributed by atoms with E-state index < -0.39 is 16.2 Å². The van der Waals surface area contributed by atoms with E-state index >= 15 is 0 Å². The molecular weight excluding hydrogens is 232 g/mol. The van der Waals surface area contributed by atoms with Gasteiger partial charge in [-0.2, -0.15) is 12.7 Å². The van der Waals surface area contributed by atoms with Crippen LogP contribution in [0.5, 0.6) is 0 Å². The summed E-state index contributed by atoms with van der Waals surface area (Å²) in [6.45, 7) is 0.453. The average molecular weight is 250 g/mol. The lowest BCUT2D eigenvalue weighted by Gasteiger charge is -2.26. The zero-order chi connectivity index (χ0) is 12.2. The van der Waals surface area contributed by atoms with Gasteiger partial charge < -0.3 is 5.11 Å². The molecule has 1 saturated carbocycles. The second-order valence-electron chi connectivity index (χ2n) is 4.12. The molecule has 94 valence electrons. The molecule has 0 unspecified atom stereocenters. The van der Waals surface area contributed by atoms with E-state index in [-0.39, 0.29) is 13.0 Å². The third-order valence-corrected chi connectivity index (χ3v) is 4.36. The Labute approximate surface area is 95.8 Å². The summed E-state index contributed by atoms with van der Waals surface area (Å²) in [6.07, 6.45) is 3.13. The molecule has 0 heterocycles. The summed E-state index contributed by atoms with van der Waals surface area (Å²) in [5.41, 5.74) is 0. The minimum absolute atomic E-state index is 0.00463. The summed E-state index contributed by atoms with van der Waals surface area (Å²) in [4.78, 5) is 10.3. The normalized spacial score (nSPS) is 17.4. The molecule has 7 heteroatoms. The SMILES string of the molecule is CN(CCC(=O)O)S(=O)(=O)NCC1CCC1. The van der Waals surface area contributed by atoms with Gasteiger partial charge in [-0.1, -0.05) is 6.42 Å². The minimum Gasteiger partial charge on any atom is -0.481 e. The fraction of sp³-hybridized carbons (Fsp3) is 0.889. The Morgan fingerprint density at radius 3 is 2.56 bits per heavy atom. The summed E-state index contributed by atoms with van der Waals surface area (Å²) in [7, 11) is -2.13. The van der Waals surface area contributed by atoms with E-state index in [9.17, 15) is 13.2 Å². The van der Waals surface area contributed by atoms with Gasteiger partial charge in [0.2, 0.25) is 0 Å². The first kappa shape index (κ1) is 13.4. The van der Waals surface area contributed by atoms with Crippen LogP contribution in [0.1, 0.15) is 25.7 Å². The standard InChI is InChI=1S/C9H18N2O4S/c1-11(6-5-9(12)13)16(14,15)10-7-8-3-2-4-8/h8,10H,2-7H2,1H3,(H,12,13). The number of nitrogens with zero attached hydrogens (tertiary/aromatic N) is 1. The van der Waals surface area contributed by atoms with Crippen molar-refractivity contribution < 1.29 is 18.3 Å². The van der Waals surface area contributed by atoms with E-state index in [1.807, 2.05) is 0 Å². The van der Waals surface area contributed by atoms with Crippen LogP contribution in [0.25, 0.3) is 0 Å². The number of hydrogen-bond donors (Lipinski definition) is 2. The maximum Gasteiger partial charge on any atom is 0.304 e. The van der Waals surface area contributed by atoms with Gasteiger partial charge >= 0.3 is 5.97 Å². The monoisotopic (exact) mass is 250 g/mol. The van der Waals surface area contributed by atoms with Crippen LogP contribution < -0.4 is 4.72 Å². The molecule has 0 bridgehead atoms. The third-order valence-electron chi connectivity index (χ3n) is 2.83. The van der Waals surface area contributed by atoms with Gasteiger partial charge in [0.1, 0.15) is 0 Å². The molecule has 1 rings (SSSR count). The van der Waals surface area contributed by atoms with Crippen molar-refractivity contribution in [3.05, 3.63) is 0 Å². The highest BCUT2D eigenvalue weighted by molar-refractivity contribution is 7.87. The first-order chi connectivity index (χ1) is 7.42. The smallest absolute Gasteiger partial charge is 0.304 e. The zero-order valence-electron chi connectivity index (χ0n) is 9.35. The van der Waals surface area contributed by atoms with Crippen LogP contribution >= 0.6 is 0 Å². The molecule has 0 amide bonds. The van der Waals surface area contributed by atoms with Crippen molar-refractivity contribution in [1.82, 2.24) is 9.03 Å². The molecule has 0 atom stereocenters. The average Bonchev–Trinajstić information content (AvgIpc) is 2.11. The van der Waals surface area contributed by atoms with Gasteiger partial charge in [-0.3, -0.25) is 4.79 Å². The number of carboxylic acid groups (broad SMARTS) is 1. The number of carboxylic acids is 1. The van der Waals surface area contributed by atoms with Gasteiger partial charge in [0, 0.05) is 20.1 Å². The van der Waals surface area contributed by atoms with Gasteiger partial charge in [-0.05, 0) is 18.8 Å². The maximum absolute atomic E-state index is 11.6. The Balaban J connectivity index is 2.32. The molecular formula is C9H18N2O4S. The predicted octanol–water partition coefficient (Wildman–Crippen LogP) is 0.0274. The van der Waals surface area contributed by atoms with Gasteiger partial charge in [0.05, 0.1) is 6.42 Å². The van der Waals surface area contributed by atoms with E-state index in [1.165, 1.54) is 13.5 Å². The van der Waals surface area contributed by atoms with E-state index in [4.69, 9.17) is 5.11 Å².